The Bertz CT molecular complexity index is 1250. The summed E-state index contributed by atoms with van der Waals surface area (Å²) >= 11 is 2.76. The number of rotatable bonds is 8. The molecule has 0 spiro atoms. The minimum atomic E-state index is -3.57. The van der Waals surface area contributed by atoms with Gasteiger partial charge in [0, 0.05) is 19.6 Å². The number of carbonyl (C=O) groups excluding carboxylic acids is 1. The van der Waals surface area contributed by atoms with Crippen LogP contribution in [0.25, 0.3) is 10.2 Å². The van der Waals surface area contributed by atoms with Gasteiger partial charge >= 0.3 is 0 Å². The summed E-state index contributed by atoms with van der Waals surface area (Å²) in [5.74, 6) is -0.407. The molecule has 1 unspecified atom stereocenters. The number of carbonyl (C=O) groups is 1. The quantitative estimate of drug-likeness (QED) is 0.441. The molecule has 1 aromatic carbocycles. The Labute approximate surface area is 210 Å². The molecule has 2 aromatic heterocycles. The third kappa shape index (κ3) is 5.36. The zero-order valence-corrected chi connectivity index (χ0v) is 22.6. The van der Waals surface area contributed by atoms with Gasteiger partial charge in [-0.25, -0.2) is 13.4 Å². The van der Waals surface area contributed by atoms with Crippen LogP contribution in [0.3, 0.4) is 0 Å². The van der Waals surface area contributed by atoms with E-state index in [1.165, 1.54) is 32.5 Å². The molecule has 1 saturated heterocycles. The average Bonchev–Trinajstić information content (AvgIpc) is 3.47. The molecular formula is C24H32N4O3S3. The highest BCUT2D eigenvalue weighted by Gasteiger charge is 2.36. The topological polar surface area (TPSA) is 73.8 Å². The number of anilines is 1. The predicted octanol–water partition coefficient (Wildman–Crippen LogP) is 4.36. The van der Waals surface area contributed by atoms with Crippen LogP contribution in [0.2, 0.25) is 0 Å². The van der Waals surface area contributed by atoms with Gasteiger partial charge in [-0.05, 0) is 82.4 Å². The van der Waals surface area contributed by atoms with Crippen molar-refractivity contribution in [3.05, 3.63) is 40.8 Å². The minimum absolute atomic E-state index is 0.0294. The van der Waals surface area contributed by atoms with E-state index in [1.54, 1.807) is 22.4 Å². The molecule has 0 radical (unpaired) electrons. The van der Waals surface area contributed by atoms with E-state index >= 15 is 0 Å². The highest BCUT2D eigenvalue weighted by molar-refractivity contribution is 7.91. The van der Waals surface area contributed by atoms with Crippen molar-refractivity contribution in [2.75, 3.05) is 45.2 Å². The highest BCUT2D eigenvalue weighted by atomic mass is 32.2. The molecule has 1 aliphatic rings. The van der Waals surface area contributed by atoms with Gasteiger partial charge < -0.3 is 4.90 Å². The second-order valence-corrected chi connectivity index (χ2v) is 13.3. The van der Waals surface area contributed by atoms with Gasteiger partial charge in [0.25, 0.3) is 10.0 Å². The number of aromatic nitrogens is 1. The van der Waals surface area contributed by atoms with Gasteiger partial charge in [0.2, 0.25) is 5.91 Å². The van der Waals surface area contributed by atoms with Crippen LogP contribution in [-0.4, -0.2) is 68.8 Å². The minimum Gasteiger partial charge on any atom is -0.309 e. The van der Waals surface area contributed by atoms with Gasteiger partial charge in [-0.3, -0.25) is 9.69 Å². The van der Waals surface area contributed by atoms with Crippen LogP contribution < -0.4 is 4.90 Å². The maximum absolute atomic E-state index is 13.8. The first-order valence-electron chi connectivity index (χ1n) is 11.5. The Balaban J connectivity index is 1.61. The Kier molecular flexibility index (Phi) is 7.73. The first kappa shape index (κ1) is 25.2. The molecule has 34 heavy (non-hydrogen) atoms. The van der Waals surface area contributed by atoms with Crippen molar-refractivity contribution in [1.82, 2.24) is 14.2 Å². The number of sulfonamides is 1. The van der Waals surface area contributed by atoms with Gasteiger partial charge in [0.1, 0.15) is 4.21 Å². The zero-order valence-electron chi connectivity index (χ0n) is 20.2. The number of amides is 1. The smallest absolute Gasteiger partial charge is 0.252 e. The molecule has 184 valence electrons. The third-order valence-electron chi connectivity index (χ3n) is 6.13. The van der Waals surface area contributed by atoms with Crippen molar-refractivity contribution < 1.29 is 13.2 Å². The lowest BCUT2D eigenvalue weighted by Gasteiger charge is -2.33. The Morgan fingerprint density at radius 3 is 2.74 bits per heavy atom. The van der Waals surface area contributed by atoms with E-state index in [9.17, 15) is 13.2 Å². The molecule has 10 heteroatoms. The van der Waals surface area contributed by atoms with Crippen molar-refractivity contribution in [3.63, 3.8) is 0 Å². The maximum Gasteiger partial charge on any atom is 0.252 e. The van der Waals surface area contributed by atoms with Crippen LogP contribution in [0.4, 0.5) is 5.13 Å². The fraction of sp³-hybridized carbons (Fsp3) is 0.500. The van der Waals surface area contributed by atoms with Crippen molar-refractivity contribution in [1.29, 1.82) is 0 Å². The molecule has 1 atom stereocenters. The molecule has 1 fully saturated rings. The Morgan fingerprint density at radius 2 is 2.03 bits per heavy atom. The fourth-order valence-electron chi connectivity index (χ4n) is 4.44. The zero-order chi connectivity index (χ0) is 24.5. The predicted molar refractivity (Wildman–Crippen MR) is 140 cm³/mol. The lowest BCUT2D eigenvalue weighted by atomic mass is 9.98. The summed E-state index contributed by atoms with van der Waals surface area (Å²) < 4.78 is 29.1. The van der Waals surface area contributed by atoms with Gasteiger partial charge in [0.05, 0.1) is 16.1 Å². The van der Waals surface area contributed by atoms with Gasteiger partial charge in [-0.15, -0.1) is 11.3 Å². The summed E-state index contributed by atoms with van der Waals surface area (Å²) in [5, 5.41) is 2.47. The fourth-order valence-corrected chi connectivity index (χ4v) is 8.28. The summed E-state index contributed by atoms with van der Waals surface area (Å²) in [6.07, 6.45) is 2.17. The van der Waals surface area contributed by atoms with Crippen LogP contribution in [0.15, 0.2) is 33.9 Å². The molecule has 0 aliphatic carbocycles. The summed E-state index contributed by atoms with van der Waals surface area (Å²) in [7, 11) is 0.463. The third-order valence-corrected chi connectivity index (χ3v) is 10.4. The Hall–Kier alpha value is -1.85. The number of thiophene rings is 1. The van der Waals surface area contributed by atoms with Crippen molar-refractivity contribution >= 4 is 54.0 Å². The SMILES string of the molecule is Cc1cc(C)c2nc(N(CCCN(C)C)C(=O)C3CCCN(S(=O)(=O)c4cccs4)C3)sc2c1. The lowest BCUT2D eigenvalue weighted by molar-refractivity contribution is -0.123. The molecule has 3 heterocycles. The Morgan fingerprint density at radius 1 is 1.24 bits per heavy atom. The number of piperidine rings is 1. The molecule has 0 N–H and O–H groups in total. The number of benzene rings is 1. The highest BCUT2D eigenvalue weighted by Crippen LogP contribution is 2.34. The molecular weight excluding hydrogens is 488 g/mol. The van der Waals surface area contributed by atoms with Crippen LogP contribution in [-0.2, 0) is 14.8 Å². The van der Waals surface area contributed by atoms with Crippen molar-refractivity contribution in [2.24, 2.45) is 5.92 Å². The van der Waals surface area contributed by atoms with Crippen LogP contribution in [0.5, 0.6) is 0 Å². The molecule has 1 aliphatic heterocycles. The van der Waals surface area contributed by atoms with Gasteiger partial charge in [-0.2, -0.15) is 4.31 Å². The van der Waals surface area contributed by atoms with E-state index in [2.05, 4.69) is 24.0 Å². The number of nitrogens with zero attached hydrogens (tertiary/aromatic N) is 4. The van der Waals surface area contributed by atoms with E-state index in [-0.39, 0.29) is 18.4 Å². The van der Waals surface area contributed by atoms with Crippen molar-refractivity contribution in [3.8, 4) is 0 Å². The van der Waals surface area contributed by atoms with E-state index in [4.69, 9.17) is 4.98 Å². The lowest BCUT2D eigenvalue weighted by Crippen LogP contribution is -2.47. The molecule has 7 nitrogen and oxygen atoms in total. The first-order chi connectivity index (χ1) is 16.2. The maximum atomic E-state index is 13.8. The number of aryl methyl sites for hydroxylation is 2. The first-order valence-corrected chi connectivity index (χ1v) is 14.7. The van der Waals surface area contributed by atoms with E-state index in [0.717, 1.165) is 28.7 Å². The molecule has 0 bridgehead atoms. The van der Waals surface area contributed by atoms with E-state index < -0.39 is 10.0 Å². The van der Waals surface area contributed by atoms with Crippen molar-refractivity contribution in [2.45, 2.75) is 37.3 Å². The largest absolute Gasteiger partial charge is 0.309 e. The standard InChI is InChI=1S/C24H32N4O3S3/c1-17-14-18(2)22-20(15-17)33-24(25-22)28(12-7-10-26(3)4)23(29)19-8-5-11-27(16-19)34(30,31)21-9-6-13-32-21/h6,9,13-15,19H,5,7-8,10-12,16H2,1-4H3. The molecule has 1 amide bonds. The van der Waals surface area contributed by atoms with E-state index in [0.29, 0.717) is 35.3 Å². The number of hydrogen-bond acceptors (Lipinski definition) is 7. The summed E-state index contributed by atoms with van der Waals surface area (Å²) in [5.41, 5.74) is 3.21. The molecule has 4 rings (SSSR count). The van der Waals surface area contributed by atoms with Crippen LogP contribution in [0.1, 0.15) is 30.4 Å². The molecule has 0 saturated carbocycles. The average molecular weight is 521 g/mol. The van der Waals surface area contributed by atoms with E-state index in [1.807, 2.05) is 21.0 Å². The second kappa shape index (κ2) is 10.4. The summed E-state index contributed by atoms with van der Waals surface area (Å²) in [6.45, 7) is 6.19. The van der Waals surface area contributed by atoms with Crippen LogP contribution in [0, 0.1) is 19.8 Å². The normalized spacial score (nSPS) is 17.5. The number of thiazole rings is 1. The van der Waals surface area contributed by atoms with Gasteiger partial charge in [0.15, 0.2) is 5.13 Å². The van der Waals surface area contributed by atoms with Crippen LogP contribution >= 0.6 is 22.7 Å². The molecule has 3 aromatic rings. The summed E-state index contributed by atoms with van der Waals surface area (Å²) in [4.78, 5) is 22.6. The summed E-state index contributed by atoms with van der Waals surface area (Å²) in [6, 6.07) is 7.60. The monoisotopic (exact) mass is 520 g/mol. The second-order valence-electron chi connectivity index (χ2n) is 9.21. The number of hydrogen-bond donors (Lipinski definition) is 0. The van der Waals surface area contributed by atoms with Gasteiger partial charge in [-0.1, -0.05) is 23.5 Å². The number of fused-ring (bicyclic) bond motifs is 1.